The molecule has 0 unspecified atom stereocenters. The third kappa shape index (κ3) is 2.62. The Kier molecular flexibility index (Phi) is 3.85. The number of hydrogen-bond acceptors (Lipinski definition) is 6. The molecular formula is C20H15N7O3. The first-order valence-corrected chi connectivity index (χ1v) is 8.96. The first-order chi connectivity index (χ1) is 14.6. The molecule has 0 aliphatic carbocycles. The Bertz CT molecular complexity index is 1500. The number of fused-ring (bicyclic) bond motifs is 2. The van der Waals surface area contributed by atoms with Gasteiger partial charge in [-0.15, -0.1) is 0 Å². The maximum atomic E-state index is 12.8. The van der Waals surface area contributed by atoms with Gasteiger partial charge in [0, 0.05) is 17.0 Å². The predicted octanol–water partition coefficient (Wildman–Crippen LogP) is 1.76. The second kappa shape index (κ2) is 6.55. The van der Waals surface area contributed by atoms with Gasteiger partial charge in [-0.05, 0) is 18.2 Å². The average molecular weight is 401 g/mol. The Balaban J connectivity index is 1.86. The fourth-order valence-corrected chi connectivity index (χ4v) is 3.44. The molecule has 5 rings (SSSR count). The molecule has 0 aliphatic rings. The van der Waals surface area contributed by atoms with Crippen LogP contribution in [0.3, 0.4) is 0 Å². The summed E-state index contributed by atoms with van der Waals surface area (Å²) in [5, 5.41) is 7.71. The van der Waals surface area contributed by atoms with Crippen molar-refractivity contribution in [3.8, 4) is 22.8 Å². The van der Waals surface area contributed by atoms with Gasteiger partial charge in [0.1, 0.15) is 11.3 Å². The molecule has 5 aromatic rings. The molecule has 0 atom stereocenters. The second-order valence-corrected chi connectivity index (χ2v) is 6.56. The zero-order valence-electron chi connectivity index (χ0n) is 15.7. The summed E-state index contributed by atoms with van der Waals surface area (Å²) in [5.41, 5.74) is 7.36. The van der Waals surface area contributed by atoms with E-state index in [1.807, 2.05) is 18.2 Å². The van der Waals surface area contributed by atoms with Crippen molar-refractivity contribution in [1.29, 1.82) is 0 Å². The largest absolute Gasteiger partial charge is 0.497 e. The highest BCUT2D eigenvalue weighted by molar-refractivity contribution is 6.03. The number of H-pyrrole nitrogens is 2. The molecule has 0 radical (unpaired) electrons. The number of rotatable bonds is 4. The third-order valence-electron chi connectivity index (χ3n) is 4.81. The van der Waals surface area contributed by atoms with E-state index in [0.717, 1.165) is 10.9 Å². The third-order valence-corrected chi connectivity index (χ3v) is 4.81. The van der Waals surface area contributed by atoms with Gasteiger partial charge in [-0.2, -0.15) is 5.10 Å². The molecule has 148 valence electrons. The number of amides is 1. The molecule has 0 spiro atoms. The Morgan fingerprint density at radius 2 is 2.00 bits per heavy atom. The van der Waals surface area contributed by atoms with Gasteiger partial charge in [-0.1, -0.05) is 18.2 Å². The molecular weight excluding hydrogens is 386 g/mol. The maximum Gasteiger partial charge on any atom is 0.332 e. The van der Waals surface area contributed by atoms with E-state index in [1.54, 1.807) is 30.5 Å². The summed E-state index contributed by atoms with van der Waals surface area (Å²) in [4.78, 5) is 36.5. The zero-order chi connectivity index (χ0) is 20.8. The van der Waals surface area contributed by atoms with Crippen LogP contribution in [0.2, 0.25) is 0 Å². The fraction of sp³-hybridized carbons (Fsp3) is 0.0500. The monoisotopic (exact) mass is 401 g/mol. The van der Waals surface area contributed by atoms with E-state index in [0.29, 0.717) is 17.0 Å². The maximum absolute atomic E-state index is 12.8. The molecule has 10 nitrogen and oxygen atoms in total. The van der Waals surface area contributed by atoms with Gasteiger partial charge in [-0.25, -0.2) is 19.3 Å². The Labute approximate surface area is 168 Å². The van der Waals surface area contributed by atoms with Gasteiger partial charge >= 0.3 is 5.69 Å². The van der Waals surface area contributed by atoms with E-state index in [1.165, 1.54) is 11.7 Å². The van der Waals surface area contributed by atoms with Crippen molar-refractivity contribution in [1.82, 2.24) is 29.7 Å². The standard InChI is InChI=1S/C20H15N7O3/c1-30-11-5-2-4-10(8-11)27-19-16(24-20(27)29)15(17(21)28)23-18(25-19)12-6-3-7-14-13(12)9-22-26-14/h2-9H,1H3,(H2,21,28)(H,22,26)(H,24,29). The Morgan fingerprint density at radius 3 is 2.80 bits per heavy atom. The molecule has 3 heterocycles. The van der Waals surface area contributed by atoms with Crippen molar-refractivity contribution in [2.45, 2.75) is 0 Å². The molecule has 10 heteroatoms. The van der Waals surface area contributed by atoms with Crippen LogP contribution < -0.4 is 16.2 Å². The van der Waals surface area contributed by atoms with E-state index in [9.17, 15) is 9.59 Å². The summed E-state index contributed by atoms with van der Waals surface area (Å²) in [6, 6.07) is 12.4. The fourth-order valence-electron chi connectivity index (χ4n) is 3.44. The lowest BCUT2D eigenvalue weighted by Gasteiger charge is -2.08. The number of aromatic nitrogens is 6. The van der Waals surface area contributed by atoms with E-state index in [2.05, 4.69) is 25.1 Å². The number of benzene rings is 2. The topological polar surface area (TPSA) is 145 Å². The van der Waals surface area contributed by atoms with Crippen LogP contribution in [-0.2, 0) is 0 Å². The smallest absolute Gasteiger partial charge is 0.332 e. The first-order valence-electron chi connectivity index (χ1n) is 8.96. The van der Waals surface area contributed by atoms with Gasteiger partial charge in [0.2, 0.25) is 0 Å². The van der Waals surface area contributed by atoms with E-state index >= 15 is 0 Å². The minimum absolute atomic E-state index is 0.0748. The SMILES string of the molecule is COc1cccc(-n2c(=O)[nH]c3c(C(N)=O)nc(-c4cccc5[nH]ncc45)nc32)c1. The lowest BCUT2D eigenvalue weighted by atomic mass is 10.1. The number of primary amides is 1. The number of nitrogens with two attached hydrogens (primary N) is 1. The van der Waals surface area contributed by atoms with Crippen LogP contribution in [0.5, 0.6) is 5.75 Å². The summed E-state index contributed by atoms with van der Waals surface area (Å²) in [6.45, 7) is 0. The number of nitrogens with zero attached hydrogens (tertiary/aromatic N) is 4. The molecule has 3 aromatic heterocycles. The number of hydrogen-bond donors (Lipinski definition) is 3. The number of carbonyl (C=O) groups is 1. The lowest BCUT2D eigenvalue weighted by molar-refractivity contribution is 0.0997. The van der Waals surface area contributed by atoms with Gasteiger partial charge in [0.15, 0.2) is 17.2 Å². The summed E-state index contributed by atoms with van der Waals surface area (Å²) in [6.07, 6.45) is 1.65. The quantitative estimate of drug-likeness (QED) is 0.418. The highest BCUT2D eigenvalue weighted by Gasteiger charge is 2.21. The number of ether oxygens (including phenoxy) is 1. The number of methoxy groups -OCH3 is 1. The van der Waals surface area contributed by atoms with Crippen LogP contribution in [0.1, 0.15) is 10.5 Å². The van der Waals surface area contributed by atoms with Gasteiger partial charge in [-0.3, -0.25) is 9.89 Å². The lowest BCUT2D eigenvalue weighted by Crippen LogP contribution is -2.15. The number of nitrogens with one attached hydrogen (secondary N) is 2. The van der Waals surface area contributed by atoms with E-state index in [-0.39, 0.29) is 22.7 Å². The van der Waals surface area contributed by atoms with Crippen molar-refractivity contribution >= 4 is 28.0 Å². The van der Waals surface area contributed by atoms with Crippen LogP contribution in [0, 0.1) is 0 Å². The Hall–Kier alpha value is -4.47. The highest BCUT2D eigenvalue weighted by atomic mass is 16.5. The van der Waals surface area contributed by atoms with Crippen molar-refractivity contribution in [2.24, 2.45) is 5.73 Å². The molecule has 30 heavy (non-hydrogen) atoms. The van der Waals surface area contributed by atoms with Crippen LogP contribution in [0.25, 0.3) is 39.1 Å². The summed E-state index contributed by atoms with van der Waals surface area (Å²) in [5.74, 6) is 0.0438. The number of carbonyl (C=O) groups excluding carboxylic acids is 1. The Morgan fingerprint density at radius 1 is 1.17 bits per heavy atom. The predicted molar refractivity (Wildman–Crippen MR) is 110 cm³/mol. The molecule has 0 saturated carbocycles. The average Bonchev–Trinajstić information content (AvgIpc) is 3.36. The molecule has 4 N–H and O–H groups in total. The van der Waals surface area contributed by atoms with Crippen molar-refractivity contribution in [2.75, 3.05) is 7.11 Å². The molecule has 1 amide bonds. The molecule has 0 fully saturated rings. The van der Waals surface area contributed by atoms with Crippen LogP contribution in [0.15, 0.2) is 53.5 Å². The summed E-state index contributed by atoms with van der Waals surface area (Å²) < 4.78 is 6.61. The number of imidazole rings is 1. The highest BCUT2D eigenvalue weighted by Crippen LogP contribution is 2.27. The van der Waals surface area contributed by atoms with E-state index in [4.69, 9.17) is 10.5 Å². The second-order valence-electron chi connectivity index (χ2n) is 6.56. The minimum atomic E-state index is -0.776. The molecule has 0 aliphatic heterocycles. The van der Waals surface area contributed by atoms with Crippen molar-refractivity contribution in [3.05, 3.63) is 64.8 Å². The summed E-state index contributed by atoms with van der Waals surface area (Å²) in [7, 11) is 1.54. The number of aromatic amines is 2. The van der Waals surface area contributed by atoms with Gasteiger partial charge in [0.05, 0.1) is 24.5 Å². The summed E-state index contributed by atoms with van der Waals surface area (Å²) >= 11 is 0. The minimum Gasteiger partial charge on any atom is -0.497 e. The molecule has 0 bridgehead atoms. The van der Waals surface area contributed by atoms with E-state index < -0.39 is 11.6 Å². The normalized spacial score (nSPS) is 11.2. The zero-order valence-corrected chi connectivity index (χ0v) is 15.7. The van der Waals surface area contributed by atoms with Gasteiger partial charge in [0.25, 0.3) is 5.91 Å². The molecule has 0 saturated heterocycles. The van der Waals surface area contributed by atoms with Gasteiger partial charge < -0.3 is 15.5 Å². The van der Waals surface area contributed by atoms with Crippen LogP contribution in [0.4, 0.5) is 0 Å². The van der Waals surface area contributed by atoms with Crippen molar-refractivity contribution < 1.29 is 9.53 Å². The first kappa shape index (κ1) is 17.6. The van der Waals surface area contributed by atoms with Crippen molar-refractivity contribution in [3.63, 3.8) is 0 Å². The molecule has 2 aromatic carbocycles. The van der Waals surface area contributed by atoms with Crippen LogP contribution >= 0.6 is 0 Å². The van der Waals surface area contributed by atoms with Crippen LogP contribution in [-0.4, -0.2) is 42.7 Å².